The summed E-state index contributed by atoms with van der Waals surface area (Å²) in [4.78, 5) is 0. The van der Waals surface area contributed by atoms with Crippen LogP contribution in [-0.4, -0.2) is 0 Å². The van der Waals surface area contributed by atoms with Crippen molar-refractivity contribution in [2.24, 2.45) is 0 Å². The first kappa shape index (κ1) is 11.0. The highest BCUT2D eigenvalue weighted by atomic mass is 13.9. The minimum atomic E-state index is 1.06. The van der Waals surface area contributed by atoms with Gasteiger partial charge in [0.1, 0.15) is 0 Å². The summed E-state index contributed by atoms with van der Waals surface area (Å²) in [6, 6.07) is 0. The second kappa shape index (κ2) is 8.55. The topological polar surface area (TPSA) is 0 Å². The second-order valence-corrected chi connectivity index (χ2v) is 3.59. The average Bonchev–Trinajstić information content (AvgIpc) is 2.22. The third kappa shape index (κ3) is 6.47. The Morgan fingerprint density at radius 3 is 2.07 bits per heavy atom. The van der Waals surface area contributed by atoms with E-state index in [-0.39, 0.29) is 0 Å². The van der Waals surface area contributed by atoms with Gasteiger partial charge in [0.2, 0.25) is 0 Å². The van der Waals surface area contributed by atoms with Gasteiger partial charge in [-0.1, -0.05) is 55.0 Å². The maximum absolute atomic E-state index is 2.30. The molecule has 0 saturated heterocycles. The molecule has 0 radical (unpaired) electrons. The van der Waals surface area contributed by atoms with Gasteiger partial charge in [0, 0.05) is 0 Å². The minimum absolute atomic E-state index is 1.06. The Bertz CT molecular complexity index is 228. The number of hydrogen-bond acceptors (Lipinski definition) is 0. The maximum atomic E-state index is 2.30. The molecule has 1 aliphatic rings. The van der Waals surface area contributed by atoms with Crippen LogP contribution >= 0.6 is 0 Å². The van der Waals surface area contributed by atoms with E-state index in [1.807, 2.05) is 0 Å². The lowest BCUT2D eigenvalue weighted by molar-refractivity contribution is 0.695. The highest BCUT2D eigenvalue weighted by Crippen LogP contribution is 2.05. The fourth-order valence-electron chi connectivity index (χ4n) is 1.45. The van der Waals surface area contributed by atoms with E-state index in [4.69, 9.17) is 0 Å². The predicted octanol–water partition coefficient (Wildman–Crippen LogP) is 4.57. The van der Waals surface area contributed by atoms with Crippen molar-refractivity contribution in [2.45, 2.75) is 38.5 Å². The van der Waals surface area contributed by atoms with Gasteiger partial charge in [0.25, 0.3) is 0 Å². The molecule has 0 aromatic rings. The van der Waals surface area contributed by atoms with Crippen LogP contribution < -0.4 is 0 Å². The maximum Gasteiger partial charge on any atom is -0.0166 e. The molecule has 0 unspecified atom stereocenters. The van der Waals surface area contributed by atoms with Crippen molar-refractivity contribution in [1.82, 2.24) is 0 Å². The summed E-state index contributed by atoms with van der Waals surface area (Å²) < 4.78 is 0. The molecule has 0 amide bonds. The quantitative estimate of drug-likeness (QED) is 0.489. The molecule has 0 nitrogen and oxygen atoms in total. The summed E-state index contributed by atoms with van der Waals surface area (Å²) in [6.07, 6.45) is 25.0. The van der Waals surface area contributed by atoms with Gasteiger partial charge in [-0.15, -0.1) is 0 Å². The van der Waals surface area contributed by atoms with E-state index in [1.165, 1.54) is 32.1 Å². The van der Waals surface area contributed by atoms with Crippen LogP contribution in [0.4, 0.5) is 0 Å². The second-order valence-electron chi connectivity index (χ2n) is 3.59. The zero-order valence-corrected chi connectivity index (χ0v) is 8.86. The van der Waals surface area contributed by atoms with Crippen LogP contribution in [0, 0.1) is 0 Å². The molecule has 0 N–H and O–H groups in total. The molecule has 0 aromatic carbocycles. The van der Waals surface area contributed by atoms with E-state index in [9.17, 15) is 0 Å². The molecular formula is C14H20. The van der Waals surface area contributed by atoms with Crippen LogP contribution in [0.3, 0.4) is 0 Å². The molecular weight excluding hydrogens is 168 g/mol. The first-order chi connectivity index (χ1) is 7.00. The molecule has 0 bridgehead atoms. The Morgan fingerprint density at radius 1 is 0.500 bits per heavy atom. The van der Waals surface area contributed by atoms with Gasteiger partial charge < -0.3 is 0 Å². The third-order valence-corrected chi connectivity index (χ3v) is 2.29. The summed E-state index contributed by atoms with van der Waals surface area (Å²) in [5.74, 6) is 0. The van der Waals surface area contributed by atoms with Crippen LogP contribution in [-0.2, 0) is 0 Å². The lowest BCUT2D eigenvalue weighted by Gasteiger charge is -1.95. The van der Waals surface area contributed by atoms with Crippen molar-refractivity contribution >= 4 is 0 Å². The van der Waals surface area contributed by atoms with Crippen LogP contribution in [0.1, 0.15) is 38.5 Å². The molecule has 0 spiro atoms. The molecule has 0 heteroatoms. The Kier molecular flexibility index (Phi) is 6.74. The Labute approximate surface area is 87.7 Å². The van der Waals surface area contributed by atoms with E-state index in [1.54, 1.807) is 0 Å². The summed E-state index contributed by atoms with van der Waals surface area (Å²) in [5, 5.41) is 0. The SMILES string of the molecule is C1=C/C=C\CCCCC/C=C\CC=C1. The predicted molar refractivity (Wildman–Crippen MR) is 64.3 cm³/mol. The summed E-state index contributed by atoms with van der Waals surface area (Å²) >= 11 is 0. The lowest BCUT2D eigenvalue weighted by atomic mass is 10.1. The molecule has 0 fully saturated rings. The molecule has 0 aliphatic heterocycles. The van der Waals surface area contributed by atoms with Gasteiger partial charge in [-0.05, 0) is 32.1 Å². The summed E-state index contributed by atoms with van der Waals surface area (Å²) in [6.45, 7) is 0. The van der Waals surface area contributed by atoms with Crippen molar-refractivity contribution in [1.29, 1.82) is 0 Å². The van der Waals surface area contributed by atoms with Gasteiger partial charge in [0.05, 0.1) is 0 Å². The highest BCUT2D eigenvalue weighted by molar-refractivity contribution is 5.11. The fraction of sp³-hybridized carbons (Fsp3) is 0.429. The van der Waals surface area contributed by atoms with Gasteiger partial charge >= 0.3 is 0 Å². The number of allylic oxidation sites excluding steroid dienone is 8. The largest absolute Gasteiger partial charge is 0.0882 e. The van der Waals surface area contributed by atoms with E-state index in [0.29, 0.717) is 0 Å². The first-order valence-electron chi connectivity index (χ1n) is 5.63. The van der Waals surface area contributed by atoms with Crippen molar-refractivity contribution in [3.8, 4) is 0 Å². The molecule has 0 heterocycles. The van der Waals surface area contributed by atoms with E-state index < -0.39 is 0 Å². The third-order valence-electron chi connectivity index (χ3n) is 2.29. The van der Waals surface area contributed by atoms with Crippen LogP contribution in [0.5, 0.6) is 0 Å². The zero-order valence-electron chi connectivity index (χ0n) is 8.86. The Balaban J connectivity index is 2.36. The molecule has 1 rings (SSSR count). The zero-order chi connectivity index (χ0) is 9.90. The molecule has 1 aliphatic carbocycles. The summed E-state index contributed by atoms with van der Waals surface area (Å²) in [5.41, 5.74) is 0. The molecule has 14 heavy (non-hydrogen) atoms. The Hall–Kier alpha value is -1.04. The van der Waals surface area contributed by atoms with Crippen molar-refractivity contribution in [2.75, 3.05) is 0 Å². The Morgan fingerprint density at radius 2 is 1.21 bits per heavy atom. The van der Waals surface area contributed by atoms with Crippen LogP contribution in [0.15, 0.2) is 48.6 Å². The smallest absolute Gasteiger partial charge is 0.0166 e. The van der Waals surface area contributed by atoms with E-state index in [2.05, 4.69) is 48.6 Å². The monoisotopic (exact) mass is 188 g/mol. The molecule has 76 valence electrons. The van der Waals surface area contributed by atoms with E-state index in [0.717, 1.165) is 6.42 Å². The standard InChI is InChI=1S/C14H20/c1-2-4-6-8-10-12-14-13-11-9-7-5-3-1/h1-6,9,11H,7-8,10,12-14H2/b2-1?,5-3?,6-4-,11-9-. The van der Waals surface area contributed by atoms with Gasteiger partial charge in [-0.25, -0.2) is 0 Å². The molecule has 0 saturated carbocycles. The fourth-order valence-corrected chi connectivity index (χ4v) is 1.45. The van der Waals surface area contributed by atoms with Crippen LogP contribution in [0.25, 0.3) is 0 Å². The van der Waals surface area contributed by atoms with Crippen molar-refractivity contribution in [3.05, 3.63) is 48.6 Å². The normalized spacial score (nSPS) is 24.0. The molecule has 0 atom stereocenters. The first-order valence-corrected chi connectivity index (χ1v) is 5.63. The average molecular weight is 188 g/mol. The van der Waals surface area contributed by atoms with Crippen LogP contribution in [0.2, 0.25) is 0 Å². The van der Waals surface area contributed by atoms with Gasteiger partial charge in [-0.3, -0.25) is 0 Å². The molecule has 0 aromatic heterocycles. The van der Waals surface area contributed by atoms with E-state index >= 15 is 0 Å². The number of hydrogen-bond donors (Lipinski definition) is 0. The van der Waals surface area contributed by atoms with Gasteiger partial charge in [0.15, 0.2) is 0 Å². The minimum Gasteiger partial charge on any atom is -0.0882 e. The van der Waals surface area contributed by atoms with Crippen molar-refractivity contribution < 1.29 is 0 Å². The summed E-state index contributed by atoms with van der Waals surface area (Å²) in [7, 11) is 0. The lowest BCUT2D eigenvalue weighted by Crippen LogP contribution is -1.75. The highest BCUT2D eigenvalue weighted by Gasteiger charge is 1.85. The van der Waals surface area contributed by atoms with Crippen molar-refractivity contribution in [3.63, 3.8) is 0 Å². The number of rotatable bonds is 0. The van der Waals surface area contributed by atoms with Gasteiger partial charge in [-0.2, -0.15) is 0 Å².